The van der Waals surface area contributed by atoms with Crippen molar-refractivity contribution < 1.29 is 9.84 Å². The molecule has 3 aromatic rings. The zero-order chi connectivity index (χ0) is 14.8. The molecule has 1 aromatic heterocycles. The minimum absolute atomic E-state index is 0.296. The second kappa shape index (κ2) is 5.44. The number of aryl methyl sites for hydroxylation is 1. The fraction of sp³-hybridized carbons (Fsp3) is 0.167. The molecular weight excluding hydrogens is 262 g/mol. The van der Waals surface area contributed by atoms with E-state index in [0.29, 0.717) is 12.4 Å². The lowest BCUT2D eigenvalue weighted by atomic mass is 10.1. The third kappa shape index (κ3) is 2.55. The lowest BCUT2D eigenvalue weighted by Crippen LogP contribution is -1.95. The number of ether oxygens (including phenoxy) is 1. The first-order valence-corrected chi connectivity index (χ1v) is 7.01. The monoisotopic (exact) mass is 279 g/mol. The summed E-state index contributed by atoms with van der Waals surface area (Å²) >= 11 is 0. The summed E-state index contributed by atoms with van der Waals surface area (Å²) < 4.78 is 5.75. The van der Waals surface area contributed by atoms with Crippen molar-refractivity contribution in [1.29, 1.82) is 0 Å². The molecule has 0 saturated heterocycles. The Balaban J connectivity index is 2.20. The van der Waals surface area contributed by atoms with Gasteiger partial charge in [-0.25, -0.2) is 4.98 Å². The standard InChI is InChI=1S/C18H17NO2/c1-3-21-18-11-16(13-8-9-17(20)12(2)10-13)19-15-7-5-4-6-14(15)18/h4-11,20H,3H2,1-2H3. The van der Waals surface area contributed by atoms with Crippen LogP contribution in [0.2, 0.25) is 0 Å². The van der Waals surface area contributed by atoms with Gasteiger partial charge in [-0.2, -0.15) is 0 Å². The summed E-state index contributed by atoms with van der Waals surface area (Å²) in [5.41, 5.74) is 3.56. The van der Waals surface area contributed by atoms with Crippen LogP contribution < -0.4 is 4.74 Å². The Hall–Kier alpha value is -2.55. The fourth-order valence-corrected chi connectivity index (χ4v) is 2.38. The molecule has 106 valence electrons. The predicted molar refractivity (Wildman–Crippen MR) is 84.7 cm³/mol. The number of fused-ring (bicyclic) bond motifs is 1. The van der Waals surface area contributed by atoms with Crippen molar-refractivity contribution in [3.05, 3.63) is 54.1 Å². The van der Waals surface area contributed by atoms with Gasteiger partial charge in [0.15, 0.2) is 0 Å². The number of aromatic nitrogens is 1. The van der Waals surface area contributed by atoms with Gasteiger partial charge in [-0.15, -0.1) is 0 Å². The fourth-order valence-electron chi connectivity index (χ4n) is 2.38. The highest BCUT2D eigenvalue weighted by Gasteiger charge is 2.09. The summed E-state index contributed by atoms with van der Waals surface area (Å²) in [6.45, 7) is 4.46. The normalized spacial score (nSPS) is 10.8. The first-order chi connectivity index (χ1) is 10.2. The van der Waals surface area contributed by atoms with Crippen LogP contribution in [0.4, 0.5) is 0 Å². The molecule has 21 heavy (non-hydrogen) atoms. The molecule has 3 heteroatoms. The minimum atomic E-state index is 0.296. The van der Waals surface area contributed by atoms with Gasteiger partial charge in [-0.3, -0.25) is 0 Å². The Morgan fingerprint density at radius 1 is 1.10 bits per heavy atom. The van der Waals surface area contributed by atoms with Crippen LogP contribution in [0.1, 0.15) is 12.5 Å². The third-order valence-corrected chi connectivity index (χ3v) is 3.47. The molecule has 0 saturated carbocycles. The molecule has 0 fully saturated rings. The van der Waals surface area contributed by atoms with E-state index in [1.807, 2.05) is 56.3 Å². The lowest BCUT2D eigenvalue weighted by Gasteiger charge is -2.11. The number of rotatable bonds is 3. The number of hydrogen-bond donors (Lipinski definition) is 1. The smallest absolute Gasteiger partial charge is 0.130 e. The molecule has 0 unspecified atom stereocenters. The predicted octanol–water partition coefficient (Wildman–Crippen LogP) is 4.31. The van der Waals surface area contributed by atoms with Crippen LogP contribution in [-0.2, 0) is 0 Å². The number of phenolic OH excluding ortho intramolecular Hbond substituents is 1. The summed E-state index contributed by atoms with van der Waals surface area (Å²) in [7, 11) is 0. The number of para-hydroxylation sites is 1. The maximum atomic E-state index is 9.66. The molecule has 0 aliphatic heterocycles. The van der Waals surface area contributed by atoms with E-state index < -0.39 is 0 Å². The molecule has 0 bridgehead atoms. The average molecular weight is 279 g/mol. The minimum Gasteiger partial charge on any atom is -0.508 e. The van der Waals surface area contributed by atoms with Crippen molar-refractivity contribution >= 4 is 10.9 Å². The van der Waals surface area contributed by atoms with E-state index in [1.165, 1.54) is 0 Å². The Kier molecular flexibility index (Phi) is 3.48. The molecule has 1 N–H and O–H groups in total. The van der Waals surface area contributed by atoms with E-state index in [-0.39, 0.29) is 0 Å². The van der Waals surface area contributed by atoms with E-state index in [9.17, 15) is 5.11 Å². The van der Waals surface area contributed by atoms with Crippen molar-refractivity contribution in [2.24, 2.45) is 0 Å². The second-order valence-corrected chi connectivity index (χ2v) is 4.96. The van der Waals surface area contributed by atoms with Crippen LogP contribution >= 0.6 is 0 Å². The van der Waals surface area contributed by atoms with E-state index in [1.54, 1.807) is 6.07 Å². The quantitative estimate of drug-likeness (QED) is 0.776. The van der Waals surface area contributed by atoms with Gasteiger partial charge in [0.1, 0.15) is 11.5 Å². The van der Waals surface area contributed by atoms with Gasteiger partial charge in [0, 0.05) is 17.0 Å². The van der Waals surface area contributed by atoms with E-state index in [2.05, 4.69) is 0 Å². The summed E-state index contributed by atoms with van der Waals surface area (Å²) in [6, 6.07) is 15.4. The van der Waals surface area contributed by atoms with Gasteiger partial charge in [-0.05, 0) is 49.7 Å². The molecular formula is C18H17NO2. The van der Waals surface area contributed by atoms with Crippen molar-refractivity contribution in [3.8, 4) is 22.8 Å². The van der Waals surface area contributed by atoms with Crippen LogP contribution in [-0.4, -0.2) is 16.7 Å². The zero-order valence-corrected chi connectivity index (χ0v) is 12.1. The Labute approximate surface area is 123 Å². The largest absolute Gasteiger partial charge is 0.508 e. The maximum Gasteiger partial charge on any atom is 0.130 e. The molecule has 0 amide bonds. The number of nitrogens with zero attached hydrogens (tertiary/aromatic N) is 1. The van der Waals surface area contributed by atoms with Crippen LogP contribution in [0.3, 0.4) is 0 Å². The molecule has 0 spiro atoms. The van der Waals surface area contributed by atoms with Crippen molar-refractivity contribution in [2.45, 2.75) is 13.8 Å². The average Bonchev–Trinajstić information content (AvgIpc) is 2.50. The van der Waals surface area contributed by atoms with Crippen molar-refractivity contribution in [3.63, 3.8) is 0 Å². The van der Waals surface area contributed by atoms with Crippen LogP contribution in [0.25, 0.3) is 22.2 Å². The third-order valence-electron chi connectivity index (χ3n) is 3.47. The number of hydrogen-bond acceptors (Lipinski definition) is 3. The summed E-state index contributed by atoms with van der Waals surface area (Å²) in [6.07, 6.45) is 0. The first kappa shape index (κ1) is 13.4. The molecule has 2 aromatic carbocycles. The molecule has 3 rings (SSSR count). The van der Waals surface area contributed by atoms with Gasteiger partial charge >= 0.3 is 0 Å². The van der Waals surface area contributed by atoms with Gasteiger partial charge in [0.05, 0.1) is 17.8 Å². The Bertz CT molecular complexity index is 796. The van der Waals surface area contributed by atoms with Gasteiger partial charge in [0.25, 0.3) is 0 Å². The van der Waals surface area contributed by atoms with Gasteiger partial charge < -0.3 is 9.84 Å². The van der Waals surface area contributed by atoms with Crippen LogP contribution in [0.15, 0.2) is 48.5 Å². The Morgan fingerprint density at radius 2 is 1.90 bits per heavy atom. The van der Waals surface area contributed by atoms with Gasteiger partial charge in [-0.1, -0.05) is 12.1 Å². The maximum absolute atomic E-state index is 9.66. The molecule has 0 radical (unpaired) electrons. The highest BCUT2D eigenvalue weighted by Crippen LogP contribution is 2.31. The summed E-state index contributed by atoms with van der Waals surface area (Å²) in [4.78, 5) is 4.70. The number of pyridine rings is 1. The summed E-state index contributed by atoms with van der Waals surface area (Å²) in [5, 5.41) is 10.7. The van der Waals surface area contributed by atoms with Gasteiger partial charge in [0.2, 0.25) is 0 Å². The summed E-state index contributed by atoms with van der Waals surface area (Å²) in [5.74, 6) is 1.13. The highest BCUT2D eigenvalue weighted by atomic mass is 16.5. The Morgan fingerprint density at radius 3 is 2.67 bits per heavy atom. The topological polar surface area (TPSA) is 42.4 Å². The zero-order valence-electron chi connectivity index (χ0n) is 12.1. The van der Waals surface area contributed by atoms with Crippen molar-refractivity contribution in [2.75, 3.05) is 6.61 Å². The number of aromatic hydroxyl groups is 1. The molecule has 0 aliphatic rings. The molecule has 3 nitrogen and oxygen atoms in total. The van der Waals surface area contributed by atoms with Crippen LogP contribution in [0, 0.1) is 6.92 Å². The lowest BCUT2D eigenvalue weighted by molar-refractivity contribution is 0.344. The number of phenols is 1. The molecule has 1 heterocycles. The highest BCUT2D eigenvalue weighted by molar-refractivity contribution is 5.88. The first-order valence-electron chi connectivity index (χ1n) is 7.01. The van der Waals surface area contributed by atoms with Crippen LogP contribution in [0.5, 0.6) is 11.5 Å². The number of benzene rings is 2. The van der Waals surface area contributed by atoms with Crippen molar-refractivity contribution in [1.82, 2.24) is 4.98 Å². The van der Waals surface area contributed by atoms with E-state index >= 15 is 0 Å². The molecule has 0 atom stereocenters. The SMILES string of the molecule is CCOc1cc(-c2ccc(O)c(C)c2)nc2ccccc12. The second-order valence-electron chi connectivity index (χ2n) is 4.96. The van der Waals surface area contributed by atoms with E-state index in [0.717, 1.165) is 33.5 Å². The molecule has 0 aliphatic carbocycles. The van der Waals surface area contributed by atoms with E-state index in [4.69, 9.17) is 9.72 Å².